The molecule has 0 aliphatic rings. The number of aromatic nitrogens is 3. The number of carbonyl (C=O) groups excluding carboxylic acids is 2. The molecule has 0 aliphatic carbocycles. The zero-order chi connectivity index (χ0) is 39.0. The number of nitrogens with zero attached hydrogens (tertiary/aromatic N) is 3. The lowest BCUT2D eigenvalue weighted by Gasteiger charge is -2.20. The van der Waals surface area contributed by atoms with E-state index in [0.29, 0.717) is 29.3 Å². The van der Waals surface area contributed by atoms with E-state index in [0.717, 1.165) is 16.7 Å². The highest BCUT2D eigenvalue weighted by Crippen LogP contribution is 2.24. The van der Waals surface area contributed by atoms with Crippen LogP contribution in [-0.4, -0.2) is 57.0 Å². The summed E-state index contributed by atoms with van der Waals surface area (Å²) in [6.45, 7) is 4.97. The minimum Gasteiger partial charge on any atom is -0.480 e. The minimum absolute atomic E-state index is 0.174. The molecular weight excluding hydrogens is 721 g/mol. The zero-order valence-electron chi connectivity index (χ0n) is 28.4. The quantitative estimate of drug-likeness (QED) is 0.165. The summed E-state index contributed by atoms with van der Waals surface area (Å²) in [5.41, 5.74) is -3.50. The molecule has 0 saturated heterocycles. The molecule has 2 heterocycles. The number of nitrogens with one attached hydrogen (secondary N) is 3. The lowest BCUT2D eigenvalue weighted by Crippen LogP contribution is -2.42. The van der Waals surface area contributed by atoms with Gasteiger partial charge in [-0.15, -0.1) is 0 Å². The van der Waals surface area contributed by atoms with E-state index in [2.05, 4.69) is 15.6 Å². The average molecular weight is 753 g/mol. The lowest BCUT2D eigenvalue weighted by atomic mass is 10.0. The fourth-order valence-corrected chi connectivity index (χ4v) is 6.30. The lowest BCUT2D eigenvalue weighted by molar-refractivity contribution is -0.139. The predicted molar refractivity (Wildman–Crippen MR) is 186 cm³/mol. The van der Waals surface area contributed by atoms with Gasteiger partial charge in [-0.3, -0.25) is 28.7 Å². The third-order valence-electron chi connectivity index (χ3n) is 7.84. The topological polar surface area (TPSA) is 199 Å². The fraction of sp³-hybridized carbons (Fsp3) is 0.200. The molecule has 0 bridgehead atoms. The number of aliphatic carboxylic acids is 1. The Morgan fingerprint density at radius 3 is 2.17 bits per heavy atom. The van der Waals surface area contributed by atoms with E-state index in [-0.39, 0.29) is 17.5 Å². The molecule has 53 heavy (non-hydrogen) atoms. The third kappa shape index (κ3) is 8.12. The average Bonchev–Trinajstić information content (AvgIpc) is 3.08. The number of carboxylic acids is 1. The third-order valence-corrected chi connectivity index (χ3v) is 9.20. The molecule has 2 amide bonds. The fourth-order valence-electron chi connectivity index (χ4n) is 5.23. The highest BCUT2D eigenvalue weighted by atomic mass is 32.2. The van der Waals surface area contributed by atoms with Crippen LogP contribution in [0.3, 0.4) is 0 Å². The molecule has 0 saturated carbocycles. The molecular formula is C35H31F3N6O8S. The van der Waals surface area contributed by atoms with Gasteiger partial charge >= 0.3 is 11.7 Å². The van der Waals surface area contributed by atoms with Gasteiger partial charge in [-0.25, -0.2) is 35.7 Å². The van der Waals surface area contributed by atoms with Crippen LogP contribution in [0.1, 0.15) is 47.1 Å². The number of aryl methyl sites for hydroxylation is 1. The van der Waals surface area contributed by atoms with Crippen molar-refractivity contribution < 1.29 is 41.1 Å². The SMILES string of the molecule is Cn1c(=O)n(-c2ccc(C[C@H](NC(=O)c3cc(F)c(NS(=O)(=O)c4ccc(C(=O)NC(C)(C)C)c(F)c4)cc3F)C(=O)O)cc2)c(=O)c2ccncc21. The molecule has 5 aromatic rings. The molecule has 18 heteroatoms. The zero-order valence-corrected chi connectivity index (χ0v) is 29.2. The van der Waals surface area contributed by atoms with Crippen LogP contribution >= 0.6 is 0 Å². The first-order valence-electron chi connectivity index (χ1n) is 15.6. The molecule has 5 rings (SSSR count). The number of benzene rings is 3. The molecule has 3 aromatic carbocycles. The number of amides is 2. The first-order chi connectivity index (χ1) is 24.8. The van der Waals surface area contributed by atoms with E-state index in [4.69, 9.17) is 0 Å². The van der Waals surface area contributed by atoms with E-state index in [1.54, 1.807) is 25.5 Å². The Bertz CT molecular complexity index is 2530. The summed E-state index contributed by atoms with van der Waals surface area (Å²) in [4.78, 5) is 66.6. The number of carboxylic acid groups (broad SMARTS) is 1. The summed E-state index contributed by atoms with van der Waals surface area (Å²) in [6.07, 6.45) is 2.43. The van der Waals surface area contributed by atoms with Crippen LogP contribution in [0.5, 0.6) is 0 Å². The van der Waals surface area contributed by atoms with Crippen LogP contribution in [0.2, 0.25) is 0 Å². The van der Waals surface area contributed by atoms with E-state index in [1.165, 1.54) is 54.3 Å². The van der Waals surface area contributed by atoms with Crippen molar-refractivity contribution in [1.82, 2.24) is 24.8 Å². The maximum Gasteiger partial charge on any atom is 0.335 e. The number of carbonyl (C=O) groups is 3. The summed E-state index contributed by atoms with van der Waals surface area (Å²) in [5.74, 6) is -7.72. The Morgan fingerprint density at radius 1 is 0.887 bits per heavy atom. The maximum absolute atomic E-state index is 15.1. The van der Waals surface area contributed by atoms with Gasteiger partial charge in [0.25, 0.3) is 27.4 Å². The van der Waals surface area contributed by atoms with Crippen molar-refractivity contribution in [3.63, 3.8) is 0 Å². The Hall–Kier alpha value is -6.30. The molecule has 4 N–H and O–H groups in total. The summed E-state index contributed by atoms with van der Waals surface area (Å²) in [5, 5.41) is 14.6. The van der Waals surface area contributed by atoms with Gasteiger partial charge in [0.15, 0.2) is 0 Å². The molecule has 0 unspecified atom stereocenters. The van der Waals surface area contributed by atoms with Crippen LogP contribution in [0.15, 0.2) is 87.5 Å². The van der Waals surface area contributed by atoms with E-state index in [9.17, 15) is 41.9 Å². The number of hydrogen-bond donors (Lipinski definition) is 4. The number of rotatable bonds is 10. The molecule has 0 aliphatic heterocycles. The number of fused-ring (bicyclic) bond motifs is 1. The largest absolute Gasteiger partial charge is 0.480 e. The highest BCUT2D eigenvalue weighted by molar-refractivity contribution is 7.92. The van der Waals surface area contributed by atoms with Gasteiger partial charge < -0.3 is 15.7 Å². The summed E-state index contributed by atoms with van der Waals surface area (Å²) in [7, 11) is -3.27. The second kappa shape index (κ2) is 14.4. The van der Waals surface area contributed by atoms with Crippen LogP contribution in [-0.2, 0) is 28.3 Å². The van der Waals surface area contributed by atoms with Crippen molar-refractivity contribution in [2.24, 2.45) is 7.05 Å². The van der Waals surface area contributed by atoms with Crippen molar-refractivity contribution in [3.05, 3.63) is 128 Å². The summed E-state index contributed by atoms with van der Waals surface area (Å²) >= 11 is 0. The monoisotopic (exact) mass is 752 g/mol. The Balaban J connectivity index is 1.31. The summed E-state index contributed by atoms with van der Waals surface area (Å²) < 4.78 is 74.6. The van der Waals surface area contributed by atoms with Gasteiger partial charge in [-0.1, -0.05) is 12.1 Å². The maximum atomic E-state index is 15.1. The highest BCUT2D eigenvalue weighted by Gasteiger charge is 2.27. The van der Waals surface area contributed by atoms with Crippen LogP contribution in [0, 0.1) is 17.5 Å². The first kappa shape index (κ1) is 37.9. The van der Waals surface area contributed by atoms with Crippen molar-refractivity contribution in [1.29, 1.82) is 0 Å². The summed E-state index contributed by atoms with van der Waals surface area (Å²) in [6, 6.07) is 8.46. The van der Waals surface area contributed by atoms with Gasteiger partial charge in [-0.2, -0.15) is 0 Å². The number of pyridine rings is 1. The molecule has 276 valence electrons. The molecule has 14 nitrogen and oxygen atoms in total. The molecule has 0 fully saturated rings. The van der Waals surface area contributed by atoms with Gasteiger partial charge in [-0.05, 0) is 68.8 Å². The molecule has 0 radical (unpaired) electrons. The number of sulfonamides is 1. The van der Waals surface area contributed by atoms with Gasteiger partial charge in [0.2, 0.25) is 0 Å². The van der Waals surface area contributed by atoms with E-state index >= 15 is 8.78 Å². The van der Waals surface area contributed by atoms with Crippen molar-refractivity contribution >= 4 is 44.4 Å². The second-order valence-corrected chi connectivity index (χ2v) is 14.6. The standard InChI is InChI=1S/C35H31F3N6O8S/c1-35(2,3)41-31(46)21-10-9-20(14-24(21)36)53(51,52)42-27-16-25(37)23(15-26(27)38)30(45)40-28(33(48)49)13-18-5-7-19(8-6-18)44-32(47)22-11-12-39-17-29(22)43(4)34(44)50/h5-12,14-17,28,42H,13H2,1-4H3,(H,40,45)(H,41,46)(H,48,49)/t28-/m0/s1. The number of anilines is 1. The van der Waals surface area contributed by atoms with E-state index in [1.807, 2.05) is 0 Å². The van der Waals surface area contributed by atoms with Crippen molar-refractivity contribution in [2.45, 2.75) is 43.7 Å². The van der Waals surface area contributed by atoms with E-state index < -0.39 is 89.8 Å². The van der Waals surface area contributed by atoms with Gasteiger partial charge in [0.1, 0.15) is 23.5 Å². The Morgan fingerprint density at radius 2 is 1.55 bits per heavy atom. The predicted octanol–water partition coefficient (Wildman–Crippen LogP) is 3.26. The smallest absolute Gasteiger partial charge is 0.335 e. The van der Waals surface area contributed by atoms with Crippen LogP contribution in [0.25, 0.3) is 16.6 Å². The Kier molecular flexibility index (Phi) is 10.3. The normalized spacial score (nSPS) is 12.3. The number of halogens is 3. The van der Waals surface area contributed by atoms with Crippen LogP contribution in [0.4, 0.5) is 18.9 Å². The molecule has 1 atom stereocenters. The van der Waals surface area contributed by atoms with Gasteiger partial charge in [0, 0.05) is 31.3 Å². The first-order valence-corrected chi connectivity index (χ1v) is 17.1. The van der Waals surface area contributed by atoms with Gasteiger partial charge in [0.05, 0.1) is 44.5 Å². The number of hydrogen-bond acceptors (Lipinski definition) is 8. The second-order valence-electron chi connectivity index (χ2n) is 12.9. The van der Waals surface area contributed by atoms with Crippen molar-refractivity contribution in [3.8, 4) is 5.69 Å². The molecule has 0 spiro atoms. The Labute approximate surface area is 299 Å². The van der Waals surface area contributed by atoms with Crippen LogP contribution < -0.4 is 26.6 Å². The minimum atomic E-state index is -4.73. The van der Waals surface area contributed by atoms with Crippen molar-refractivity contribution in [2.75, 3.05) is 4.72 Å². The molecule has 2 aromatic heterocycles.